The van der Waals surface area contributed by atoms with Gasteiger partial charge in [-0.25, -0.2) is 0 Å². The summed E-state index contributed by atoms with van der Waals surface area (Å²) < 4.78 is 0. The molecule has 0 aliphatic heterocycles. The second-order valence-electron chi connectivity index (χ2n) is 13.6. The molecule has 0 rings (SSSR count). The predicted octanol–water partition coefficient (Wildman–Crippen LogP) is 9.29. The summed E-state index contributed by atoms with van der Waals surface area (Å²) >= 11 is 0. The lowest BCUT2D eigenvalue weighted by Gasteiger charge is -2.27. The molecule has 0 aromatic heterocycles. The molecular weight excluding hydrogens is 550 g/mol. The molecule has 6 heteroatoms. The van der Waals surface area contributed by atoms with E-state index in [2.05, 4.69) is 19.2 Å². The van der Waals surface area contributed by atoms with E-state index in [0.29, 0.717) is 12.8 Å². The summed E-state index contributed by atoms with van der Waals surface area (Å²) in [6.07, 6.45) is 33.2. The first-order valence-corrected chi connectivity index (χ1v) is 19.4. The third-order valence-electron chi connectivity index (χ3n) is 9.32. The van der Waals surface area contributed by atoms with Crippen molar-refractivity contribution in [3.8, 4) is 0 Å². The molecule has 0 aliphatic rings. The normalized spacial score (nSPS) is 14.4. The highest BCUT2D eigenvalue weighted by atomic mass is 16.3. The zero-order chi connectivity index (χ0) is 32.5. The van der Waals surface area contributed by atoms with Crippen LogP contribution in [0, 0.1) is 0 Å². The van der Waals surface area contributed by atoms with Gasteiger partial charge in [-0.05, 0) is 12.8 Å². The molecule has 4 atom stereocenters. The lowest BCUT2D eigenvalue weighted by atomic mass is 9.99. The van der Waals surface area contributed by atoms with E-state index in [4.69, 9.17) is 0 Å². The van der Waals surface area contributed by atoms with Gasteiger partial charge in [-0.15, -0.1) is 0 Å². The minimum atomic E-state index is -1.25. The molecule has 4 unspecified atom stereocenters. The standard InChI is InChI=1S/C38H77NO5/c1-3-5-7-9-10-11-12-13-14-15-16-17-18-19-20-21-22-23-24-25-26-28-30-32-36(42)38(44)39-34(33-40)37(43)35(41)31-29-27-8-6-4-2/h34-37,40-43H,3-33H2,1-2H3,(H,39,44). The van der Waals surface area contributed by atoms with Gasteiger partial charge in [-0.3, -0.25) is 4.79 Å². The first-order chi connectivity index (χ1) is 21.5. The van der Waals surface area contributed by atoms with Gasteiger partial charge in [-0.2, -0.15) is 0 Å². The summed E-state index contributed by atoms with van der Waals surface area (Å²) in [5, 5.41) is 43.0. The van der Waals surface area contributed by atoms with Gasteiger partial charge >= 0.3 is 0 Å². The van der Waals surface area contributed by atoms with Crippen molar-refractivity contribution in [1.82, 2.24) is 5.32 Å². The number of unbranched alkanes of at least 4 members (excludes halogenated alkanes) is 26. The molecule has 0 fully saturated rings. The van der Waals surface area contributed by atoms with E-state index in [1.165, 1.54) is 128 Å². The monoisotopic (exact) mass is 628 g/mol. The maximum absolute atomic E-state index is 12.4. The smallest absolute Gasteiger partial charge is 0.249 e. The van der Waals surface area contributed by atoms with Crippen LogP contribution < -0.4 is 5.32 Å². The van der Waals surface area contributed by atoms with Crippen LogP contribution >= 0.6 is 0 Å². The minimum Gasteiger partial charge on any atom is -0.394 e. The van der Waals surface area contributed by atoms with Crippen molar-refractivity contribution in [3.05, 3.63) is 0 Å². The Hall–Kier alpha value is -0.690. The summed E-state index contributed by atoms with van der Waals surface area (Å²) in [5.74, 6) is -0.586. The molecule has 0 spiro atoms. The molecule has 0 bridgehead atoms. The van der Waals surface area contributed by atoms with Crippen LogP contribution in [0.25, 0.3) is 0 Å². The highest BCUT2D eigenvalue weighted by Crippen LogP contribution is 2.16. The molecule has 44 heavy (non-hydrogen) atoms. The number of aliphatic hydroxyl groups excluding tert-OH is 4. The zero-order valence-corrected chi connectivity index (χ0v) is 29.4. The highest BCUT2D eigenvalue weighted by molar-refractivity contribution is 5.80. The number of amides is 1. The van der Waals surface area contributed by atoms with Gasteiger partial charge in [0, 0.05) is 0 Å². The van der Waals surface area contributed by atoms with Gasteiger partial charge in [0.15, 0.2) is 0 Å². The number of hydrogen-bond donors (Lipinski definition) is 5. The number of carbonyl (C=O) groups is 1. The maximum Gasteiger partial charge on any atom is 0.249 e. The van der Waals surface area contributed by atoms with Gasteiger partial charge in [0.05, 0.1) is 18.8 Å². The van der Waals surface area contributed by atoms with Crippen molar-refractivity contribution >= 4 is 5.91 Å². The fourth-order valence-corrected chi connectivity index (χ4v) is 6.17. The highest BCUT2D eigenvalue weighted by Gasteiger charge is 2.28. The van der Waals surface area contributed by atoms with Crippen LogP contribution in [0.2, 0.25) is 0 Å². The Morgan fingerprint density at radius 3 is 1.09 bits per heavy atom. The Bertz CT molecular complexity index is 590. The average Bonchev–Trinajstić information content (AvgIpc) is 3.03. The van der Waals surface area contributed by atoms with Gasteiger partial charge in [-0.1, -0.05) is 194 Å². The van der Waals surface area contributed by atoms with Crippen molar-refractivity contribution in [3.63, 3.8) is 0 Å². The molecule has 264 valence electrons. The first-order valence-electron chi connectivity index (χ1n) is 19.4. The molecule has 0 aromatic carbocycles. The molecule has 5 N–H and O–H groups in total. The largest absolute Gasteiger partial charge is 0.394 e. The van der Waals surface area contributed by atoms with Gasteiger partial charge < -0.3 is 25.7 Å². The van der Waals surface area contributed by atoms with Crippen molar-refractivity contribution in [1.29, 1.82) is 0 Å². The number of nitrogens with one attached hydrogen (secondary N) is 1. The summed E-state index contributed by atoms with van der Waals surface area (Å²) in [4.78, 5) is 12.4. The molecule has 0 aromatic rings. The van der Waals surface area contributed by atoms with E-state index in [1.54, 1.807) is 0 Å². The molecule has 1 amide bonds. The van der Waals surface area contributed by atoms with E-state index in [9.17, 15) is 25.2 Å². The van der Waals surface area contributed by atoms with Gasteiger partial charge in [0.25, 0.3) is 0 Å². The van der Waals surface area contributed by atoms with Gasteiger partial charge in [0.2, 0.25) is 5.91 Å². The SMILES string of the molecule is CCCCCCCCCCCCCCCCCCCCCCCCCC(O)C(=O)NC(CO)C(O)C(O)CCCCCCC. The fraction of sp³-hybridized carbons (Fsp3) is 0.974. The molecule has 0 saturated heterocycles. The summed E-state index contributed by atoms with van der Waals surface area (Å²) in [6.45, 7) is 3.95. The molecule has 0 saturated carbocycles. The molecule has 0 heterocycles. The Kier molecular flexibility index (Phi) is 33.1. The zero-order valence-electron chi connectivity index (χ0n) is 29.4. The van der Waals surface area contributed by atoms with Crippen LogP contribution in [0.1, 0.15) is 206 Å². The van der Waals surface area contributed by atoms with Crippen LogP contribution in [-0.2, 0) is 4.79 Å². The van der Waals surface area contributed by atoms with Crippen molar-refractivity contribution in [2.24, 2.45) is 0 Å². The Morgan fingerprint density at radius 2 is 0.773 bits per heavy atom. The third-order valence-corrected chi connectivity index (χ3v) is 9.32. The summed E-state index contributed by atoms with van der Waals surface area (Å²) in [7, 11) is 0. The lowest BCUT2D eigenvalue weighted by Crippen LogP contribution is -2.53. The van der Waals surface area contributed by atoms with Crippen LogP contribution in [0.5, 0.6) is 0 Å². The van der Waals surface area contributed by atoms with Crippen LogP contribution in [0.3, 0.4) is 0 Å². The second-order valence-corrected chi connectivity index (χ2v) is 13.6. The first kappa shape index (κ1) is 43.3. The fourth-order valence-electron chi connectivity index (χ4n) is 6.17. The van der Waals surface area contributed by atoms with E-state index < -0.39 is 36.9 Å². The average molecular weight is 628 g/mol. The van der Waals surface area contributed by atoms with E-state index in [-0.39, 0.29) is 0 Å². The van der Waals surface area contributed by atoms with E-state index in [1.807, 2.05) is 0 Å². The van der Waals surface area contributed by atoms with Crippen molar-refractivity contribution < 1.29 is 25.2 Å². The number of rotatable bonds is 35. The van der Waals surface area contributed by atoms with Crippen molar-refractivity contribution in [2.75, 3.05) is 6.61 Å². The van der Waals surface area contributed by atoms with Crippen LogP contribution in [-0.4, -0.2) is 57.3 Å². The number of carbonyl (C=O) groups excluding carboxylic acids is 1. The molecule has 0 aliphatic carbocycles. The molecule has 0 radical (unpaired) electrons. The Balaban J connectivity index is 3.56. The maximum atomic E-state index is 12.4. The van der Waals surface area contributed by atoms with Crippen LogP contribution in [0.4, 0.5) is 0 Å². The predicted molar refractivity (Wildman–Crippen MR) is 187 cm³/mol. The Labute approximate surface area is 273 Å². The van der Waals surface area contributed by atoms with Crippen LogP contribution in [0.15, 0.2) is 0 Å². The quantitative estimate of drug-likeness (QED) is 0.0450. The molecular formula is C38H77NO5. The Morgan fingerprint density at radius 1 is 0.477 bits per heavy atom. The topological polar surface area (TPSA) is 110 Å². The molecule has 6 nitrogen and oxygen atoms in total. The lowest BCUT2D eigenvalue weighted by molar-refractivity contribution is -0.132. The van der Waals surface area contributed by atoms with Gasteiger partial charge in [0.1, 0.15) is 12.2 Å². The minimum absolute atomic E-state index is 0.374. The summed E-state index contributed by atoms with van der Waals surface area (Å²) in [5.41, 5.74) is 0. The summed E-state index contributed by atoms with van der Waals surface area (Å²) in [6, 6.07) is -0.975. The second kappa shape index (κ2) is 33.7. The van der Waals surface area contributed by atoms with Crippen molar-refractivity contribution in [2.45, 2.75) is 231 Å². The number of aliphatic hydroxyl groups is 4. The third kappa shape index (κ3) is 27.6. The van der Waals surface area contributed by atoms with E-state index >= 15 is 0 Å². The van der Waals surface area contributed by atoms with E-state index in [0.717, 1.165) is 51.4 Å². The number of hydrogen-bond acceptors (Lipinski definition) is 5.